The minimum atomic E-state index is -0.0956. The molecule has 0 atom stereocenters. The van der Waals surface area contributed by atoms with Gasteiger partial charge in [-0.15, -0.1) is 0 Å². The lowest BCUT2D eigenvalue weighted by Crippen LogP contribution is -2.44. The first kappa shape index (κ1) is 12.8. The highest BCUT2D eigenvalue weighted by Gasteiger charge is 2.25. The van der Waals surface area contributed by atoms with Crippen molar-refractivity contribution in [2.75, 3.05) is 19.0 Å². The summed E-state index contributed by atoms with van der Waals surface area (Å²) in [4.78, 5) is 4.29. The number of hydrogen-bond acceptors (Lipinski definition) is 4. The average molecular weight is 223 g/mol. The predicted molar refractivity (Wildman–Crippen MR) is 66.8 cm³/mol. The standard InChI is InChI=1S/C12H21N3O/c1-4-12(5-2,9-13)15-11-10(16-3)7-6-8-14-11/h6-8H,4-5,9,13H2,1-3H3,(H,14,15). The van der Waals surface area contributed by atoms with Crippen LogP contribution in [-0.4, -0.2) is 24.2 Å². The lowest BCUT2D eigenvalue weighted by atomic mass is 9.93. The van der Waals surface area contributed by atoms with Crippen molar-refractivity contribution in [2.45, 2.75) is 32.2 Å². The summed E-state index contributed by atoms with van der Waals surface area (Å²) in [6.45, 7) is 4.83. The number of pyridine rings is 1. The van der Waals surface area contributed by atoms with Crippen molar-refractivity contribution in [1.82, 2.24) is 4.98 Å². The Morgan fingerprint density at radius 3 is 2.62 bits per heavy atom. The fourth-order valence-electron chi connectivity index (χ4n) is 1.67. The van der Waals surface area contributed by atoms with Gasteiger partial charge in [0.05, 0.1) is 12.6 Å². The summed E-state index contributed by atoms with van der Waals surface area (Å²) in [6, 6.07) is 3.74. The summed E-state index contributed by atoms with van der Waals surface area (Å²) in [6.07, 6.45) is 3.66. The fourth-order valence-corrected chi connectivity index (χ4v) is 1.67. The van der Waals surface area contributed by atoms with Crippen LogP contribution in [0.1, 0.15) is 26.7 Å². The van der Waals surface area contributed by atoms with E-state index in [0.717, 1.165) is 24.4 Å². The van der Waals surface area contributed by atoms with Gasteiger partial charge in [-0.2, -0.15) is 0 Å². The van der Waals surface area contributed by atoms with Crippen molar-refractivity contribution in [2.24, 2.45) is 5.73 Å². The molecule has 0 unspecified atom stereocenters. The topological polar surface area (TPSA) is 60.2 Å². The van der Waals surface area contributed by atoms with Gasteiger partial charge < -0.3 is 15.8 Å². The second kappa shape index (κ2) is 5.70. The molecule has 16 heavy (non-hydrogen) atoms. The van der Waals surface area contributed by atoms with Crippen LogP contribution in [0, 0.1) is 0 Å². The maximum Gasteiger partial charge on any atom is 0.169 e. The number of hydrogen-bond donors (Lipinski definition) is 2. The van der Waals surface area contributed by atoms with E-state index >= 15 is 0 Å². The molecule has 0 aliphatic heterocycles. The number of nitrogens with two attached hydrogens (primary N) is 1. The molecule has 0 bridgehead atoms. The van der Waals surface area contributed by atoms with Gasteiger partial charge in [-0.1, -0.05) is 13.8 Å². The van der Waals surface area contributed by atoms with Gasteiger partial charge in [0, 0.05) is 12.7 Å². The summed E-state index contributed by atoms with van der Waals surface area (Å²) >= 11 is 0. The summed E-state index contributed by atoms with van der Waals surface area (Å²) in [5, 5.41) is 3.40. The maximum atomic E-state index is 5.84. The Morgan fingerprint density at radius 1 is 1.44 bits per heavy atom. The van der Waals surface area contributed by atoms with Gasteiger partial charge in [0.15, 0.2) is 11.6 Å². The van der Waals surface area contributed by atoms with E-state index in [4.69, 9.17) is 10.5 Å². The molecule has 0 aliphatic carbocycles. The van der Waals surface area contributed by atoms with Gasteiger partial charge in [-0.05, 0) is 25.0 Å². The number of aromatic nitrogens is 1. The molecule has 1 rings (SSSR count). The van der Waals surface area contributed by atoms with Crippen LogP contribution < -0.4 is 15.8 Å². The summed E-state index contributed by atoms with van der Waals surface area (Å²) in [5.41, 5.74) is 5.74. The molecule has 4 heteroatoms. The first-order valence-electron chi connectivity index (χ1n) is 5.68. The number of rotatable bonds is 6. The SMILES string of the molecule is CCC(CC)(CN)Nc1ncccc1OC. The molecule has 0 radical (unpaired) electrons. The first-order valence-corrected chi connectivity index (χ1v) is 5.68. The largest absolute Gasteiger partial charge is 0.493 e. The highest BCUT2D eigenvalue weighted by atomic mass is 16.5. The molecule has 90 valence electrons. The van der Waals surface area contributed by atoms with Crippen LogP contribution in [0.15, 0.2) is 18.3 Å². The van der Waals surface area contributed by atoms with E-state index in [1.807, 2.05) is 12.1 Å². The molecule has 0 saturated heterocycles. The molecule has 4 nitrogen and oxygen atoms in total. The van der Waals surface area contributed by atoms with Crippen molar-refractivity contribution < 1.29 is 4.74 Å². The van der Waals surface area contributed by atoms with Crippen molar-refractivity contribution in [3.05, 3.63) is 18.3 Å². The van der Waals surface area contributed by atoms with E-state index in [-0.39, 0.29) is 5.54 Å². The zero-order chi connectivity index (χ0) is 12.0. The zero-order valence-electron chi connectivity index (χ0n) is 10.3. The highest BCUT2D eigenvalue weighted by molar-refractivity contribution is 5.51. The van der Waals surface area contributed by atoms with Crippen LogP contribution in [0.2, 0.25) is 0 Å². The Hall–Kier alpha value is -1.29. The second-order valence-corrected chi connectivity index (χ2v) is 3.87. The van der Waals surface area contributed by atoms with Gasteiger partial charge >= 0.3 is 0 Å². The molecule has 0 amide bonds. The normalized spacial score (nSPS) is 11.2. The van der Waals surface area contributed by atoms with E-state index in [9.17, 15) is 0 Å². The number of ether oxygens (including phenoxy) is 1. The van der Waals surface area contributed by atoms with Crippen LogP contribution >= 0.6 is 0 Å². The number of methoxy groups -OCH3 is 1. The van der Waals surface area contributed by atoms with Gasteiger partial charge in [0.2, 0.25) is 0 Å². The molecule has 1 aromatic heterocycles. The van der Waals surface area contributed by atoms with Gasteiger partial charge in [0.25, 0.3) is 0 Å². The number of nitrogens with one attached hydrogen (secondary N) is 1. The molecule has 1 heterocycles. The van der Waals surface area contributed by atoms with E-state index in [2.05, 4.69) is 24.1 Å². The Labute approximate surface area is 97.2 Å². The molecule has 0 saturated carbocycles. The lowest BCUT2D eigenvalue weighted by molar-refractivity contribution is 0.405. The van der Waals surface area contributed by atoms with Crippen LogP contribution in [0.5, 0.6) is 5.75 Å². The fraction of sp³-hybridized carbons (Fsp3) is 0.583. The van der Waals surface area contributed by atoms with Gasteiger partial charge in [-0.25, -0.2) is 4.98 Å². The quantitative estimate of drug-likeness (QED) is 0.774. The Balaban J connectivity index is 2.93. The van der Waals surface area contributed by atoms with Crippen molar-refractivity contribution in [1.29, 1.82) is 0 Å². The molecule has 3 N–H and O–H groups in total. The van der Waals surface area contributed by atoms with Crippen LogP contribution in [0.3, 0.4) is 0 Å². The Bertz CT molecular complexity index is 316. The van der Waals surface area contributed by atoms with Crippen LogP contribution in [0.25, 0.3) is 0 Å². The third kappa shape index (κ3) is 2.64. The van der Waals surface area contributed by atoms with Gasteiger partial charge in [-0.3, -0.25) is 0 Å². The zero-order valence-corrected chi connectivity index (χ0v) is 10.3. The molecule has 0 fully saturated rings. The Morgan fingerprint density at radius 2 is 2.12 bits per heavy atom. The average Bonchev–Trinajstić information content (AvgIpc) is 2.36. The molecular formula is C12H21N3O. The monoisotopic (exact) mass is 223 g/mol. The van der Waals surface area contributed by atoms with Crippen molar-refractivity contribution in [3.63, 3.8) is 0 Å². The van der Waals surface area contributed by atoms with E-state index in [0.29, 0.717) is 6.54 Å². The molecule has 0 spiro atoms. The predicted octanol–water partition coefficient (Wildman–Crippen LogP) is 2.02. The molecular weight excluding hydrogens is 202 g/mol. The molecule has 0 aliphatic rings. The lowest BCUT2D eigenvalue weighted by Gasteiger charge is -2.32. The second-order valence-electron chi connectivity index (χ2n) is 3.87. The highest BCUT2D eigenvalue weighted by Crippen LogP contribution is 2.26. The van der Waals surface area contributed by atoms with Crippen molar-refractivity contribution >= 4 is 5.82 Å². The van der Waals surface area contributed by atoms with E-state index in [1.54, 1.807) is 13.3 Å². The minimum absolute atomic E-state index is 0.0956. The smallest absolute Gasteiger partial charge is 0.169 e. The summed E-state index contributed by atoms with van der Waals surface area (Å²) < 4.78 is 5.26. The number of anilines is 1. The summed E-state index contributed by atoms with van der Waals surface area (Å²) in [7, 11) is 1.64. The van der Waals surface area contributed by atoms with Crippen LogP contribution in [-0.2, 0) is 0 Å². The third-order valence-corrected chi connectivity index (χ3v) is 3.12. The molecule has 0 aromatic carbocycles. The third-order valence-electron chi connectivity index (χ3n) is 3.12. The van der Waals surface area contributed by atoms with E-state index < -0.39 is 0 Å². The van der Waals surface area contributed by atoms with E-state index in [1.165, 1.54) is 0 Å². The van der Waals surface area contributed by atoms with Crippen molar-refractivity contribution in [3.8, 4) is 5.75 Å². The maximum absolute atomic E-state index is 5.84. The van der Waals surface area contributed by atoms with Crippen LogP contribution in [0.4, 0.5) is 5.82 Å². The Kier molecular flexibility index (Phi) is 4.55. The number of nitrogens with zero attached hydrogens (tertiary/aromatic N) is 1. The van der Waals surface area contributed by atoms with Gasteiger partial charge in [0.1, 0.15) is 0 Å². The first-order chi connectivity index (χ1) is 7.71. The minimum Gasteiger partial charge on any atom is -0.493 e. The molecule has 1 aromatic rings. The summed E-state index contributed by atoms with van der Waals surface area (Å²) in [5.74, 6) is 1.52.